The molecule has 0 saturated carbocycles. The number of allylic oxidation sites excluding steroid dienone is 5. The van der Waals surface area contributed by atoms with Gasteiger partial charge in [-0.1, -0.05) is 83.1 Å². The summed E-state index contributed by atoms with van der Waals surface area (Å²) in [5.41, 5.74) is 3.23. The normalized spacial score (nSPS) is 16.6. The van der Waals surface area contributed by atoms with Gasteiger partial charge in [0.2, 0.25) is 0 Å². The molecule has 1 atom stereocenters. The van der Waals surface area contributed by atoms with Gasteiger partial charge in [0.15, 0.2) is 0 Å². The summed E-state index contributed by atoms with van der Waals surface area (Å²) in [6.45, 7) is 10.4. The molecule has 0 aromatic carbocycles. The van der Waals surface area contributed by atoms with Crippen LogP contribution in [-0.4, -0.2) is 12.6 Å². The summed E-state index contributed by atoms with van der Waals surface area (Å²) in [5.74, 6) is 0.610. The summed E-state index contributed by atoms with van der Waals surface area (Å²) >= 11 is 0. The lowest BCUT2D eigenvalue weighted by Crippen LogP contribution is -2.06. The first-order chi connectivity index (χ1) is 13.6. The minimum absolute atomic E-state index is 0.610. The van der Waals surface area contributed by atoms with E-state index in [1.54, 1.807) is 0 Å². The van der Waals surface area contributed by atoms with E-state index in [0.29, 0.717) is 5.92 Å². The van der Waals surface area contributed by atoms with Gasteiger partial charge >= 0.3 is 0 Å². The van der Waals surface area contributed by atoms with Crippen LogP contribution in [0.1, 0.15) is 111 Å². The Hall–Kier alpha value is -1.44. The molecule has 0 aliphatic heterocycles. The SMILES string of the molecule is C=C(C)C1CC=C(C=O)CC1.CCCCCCC/C=C(/C=O)CCCCCC. The fourth-order valence-electron chi connectivity index (χ4n) is 3.41. The molecule has 2 heteroatoms. The number of carbonyl (C=O) groups is 2. The van der Waals surface area contributed by atoms with E-state index < -0.39 is 0 Å². The summed E-state index contributed by atoms with van der Waals surface area (Å²) in [4.78, 5) is 21.2. The Morgan fingerprint density at radius 2 is 1.68 bits per heavy atom. The van der Waals surface area contributed by atoms with Crippen molar-refractivity contribution in [1.82, 2.24) is 0 Å². The average Bonchev–Trinajstić information content (AvgIpc) is 2.72. The van der Waals surface area contributed by atoms with Gasteiger partial charge in [0, 0.05) is 0 Å². The van der Waals surface area contributed by atoms with E-state index in [1.807, 2.05) is 6.08 Å². The van der Waals surface area contributed by atoms with Crippen LogP contribution in [0.5, 0.6) is 0 Å². The molecule has 0 N–H and O–H groups in total. The standard InChI is InChI=1S/C16H30O.C10H14O/c1-3-5-7-9-10-12-14-16(15-17)13-11-8-6-4-2;1-8(2)10-5-3-9(7-11)4-6-10/h14-15H,3-13H2,1-2H3;3,7,10H,1,4-6H2,2H3/b16-14+;. The molecule has 0 aromatic rings. The first-order valence-corrected chi connectivity index (χ1v) is 11.5. The zero-order valence-electron chi connectivity index (χ0n) is 18.8. The number of carbonyl (C=O) groups excluding carboxylic acids is 2. The zero-order chi connectivity index (χ0) is 21.0. The third kappa shape index (κ3) is 14.6. The summed E-state index contributed by atoms with van der Waals surface area (Å²) < 4.78 is 0. The Labute approximate surface area is 174 Å². The fourth-order valence-corrected chi connectivity index (χ4v) is 3.41. The molecule has 0 bridgehead atoms. The van der Waals surface area contributed by atoms with Gasteiger partial charge in [0.25, 0.3) is 0 Å². The fraction of sp³-hybridized carbons (Fsp3) is 0.692. The van der Waals surface area contributed by atoms with E-state index in [2.05, 4.69) is 33.4 Å². The summed E-state index contributed by atoms with van der Waals surface area (Å²) in [6, 6.07) is 0. The van der Waals surface area contributed by atoms with Gasteiger partial charge in [-0.3, -0.25) is 9.59 Å². The first kappa shape index (κ1) is 26.6. The molecule has 160 valence electrons. The number of unbranched alkanes of at least 4 members (excludes halogenated alkanes) is 8. The molecule has 0 saturated heterocycles. The average molecular weight is 389 g/mol. The smallest absolute Gasteiger partial charge is 0.145 e. The molecule has 0 amide bonds. The van der Waals surface area contributed by atoms with E-state index >= 15 is 0 Å². The third-order valence-corrected chi connectivity index (χ3v) is 5.48. The monoisotopic (exact) mass is 388 g/mol. The van der Waals surface area contributed by atoms with Crippen molar-refractivity contribution in [2.24, 2.45) is 5.92 Å². The Morgan fingerprint density at radius 3 is 2.18 bits per heavy atom. The van der Waals surface area contributed by atoms with E-state index in [9.17, 15) is 9.59 Å². The lowest BCUT2D eigenvalue weighted by atomic mass is 9.86. The topological polar surface area (TPSA) is 34.1 Å². The highest BCUT2D eigenvalue weighted by molar-refractivity contribution is 5.73. The lowest BCUT2D eigenvalue weighted by molar-refractivity contribution is -0.105. The van der Waals surface area contributed by atoms with Gasteiger partial charge in [0.05, 0.1) is 0 Å². The van der Waals surface area contributed by atoms with E-state index in [4.69, 9.17) is 0 Å². The number of aldehydes is 2. The number of rotatable bonds is 14. The maximum absolute atomic E-state index is 10.9. The van der Waals surface area contributed by atoms with Gasteiger partial charge in [-0.05, 0) is 68.9 Å². The Morgan fingerprint density at radius 1 is 1.04 bits per heavy atom. The van der Waals surface area contributed by atoms with E-state index in [-0.39, 0.29) is 0 Å². The van der Waals surface area contributed by atoms with Crippen LogP contribution in [0.25, 0.3) is 0 Å². The van der Waals surface area contributed by atoms with Crippen LogP contribution in [0.4, 0.5) is 0 Å². The van der Waals surface area contributed by atoms with Gasteiger partial charge < -0.3 is 0 Å². The predicted molar refractivity (Wildman–Crippen MR) is 123 cm³/mol. The Balaban J connectivity index is 0.000000567. The van der Waals surface area contributed by atoms with E-state index in [1.165, 1.54) is 63.4 Å². The van der Waals surface area contributed by atoms with Gasteiger partial charge in [0.1, 0.15) is 12.6 Å². The van der Waals surface area contributed by atoms with Crippen LogP contribution in [-0.2, 0) is 9.59 Å². The highest BCUT2D eigenvalue weighted by Crippen LogP contribution is 2.26. The van der Waals surface area contributed by atoms with Crippen molar-refractivity contribution >= 4 is 12.6 Å². The van der Waals surface area contributed by atoms with E-state index in [0.717, 1.165) is 55.8 Å². The third-order valence-electron chi connectivity index (χ3n) is 5.48. The zero-order valence-corrected chi connectivity index (χ0v) is 18.8. The molecule has 1 aliphatic rings. The molecule has 0 fully saturated rings. The minimum Gasteiger partial charge on any atom is -0.298 e. The maximum Gasteiger partial charge on any atom is 0.145 e. The highest BCUT2D eigenvalue weighted by Gasteiger charge is 2.13. The molecule has 0 spiro atoms. The number of hydrogen-bond acceptors (Lipinski definition) is 2. The second-order valence-electron chi connectivity index (χ2n) is 8.12. The van der Waals surface area contributed by atoms with Crippen LogP contribution >= 0.6 is 0 Å². The highest BCUT2D eigenvalue weighted by atomic mass is 16.1. The molecule has 2 nitrogen and oxygen atoms in total. The van der Waals surface area contributed by atoms with Gasteiger partial charge in [-0.25, -0.2) is 0 Å². The van der Waals surface area contributed by atoms with Crippen LogP contribution in [0, 0.1) is 5.92 Å². The Bertz CT molecular complexity index is 485. The largest absolute Gasteiger partial charge is 0.298 e. The molecule has 28 heavy (non-hydrogen) atoms. The summed E-state index contributed by atoms with van der Waals surface area (Å²) in [6.07, 6.45) is 22.9. The molecular weight excluding hydrogens is 344 g/mol. The molecule has 1 unspecified atom stereocenters. The predicted octanol–water partition coefficient (Wildman–Crippen LogP) is 7.93. The van der Waals surface area contributed by atoms with Gasteiger partial charge in [-0.2, -0.15) is 0 Å². The summed E-state index contributed by atoms with van der Waals surface area (Å²) in [5, 5.41) is 0. The molecule has 0 aromatic heterocycles. The summed E-state index contributed by atoms with van der Waals surface area (Å²) in [7, 11) is 0. The lowest BCUT2D eigenvalue weighted by Gasteiger charge is -2.19. The van der Waals surface area contributed by atoms with Crippen molar-refractivity contribution in [1.29, 1.82) is 0 Å². The quantitative estimate of drug-likeness (QED) is 0.131. The van der Waals surface area contributed by atoms with Crippen LogP contribution < -0.4 is 0 Å². The number of hydrogen-bond donors (Lipinski definition) is 0. The molecule has 0 radical (unpaired) electrons. The van der Waals surface area contributed by atoms with Gasteiger partial charge in [-0.15, -0.1) is 0 Å². The second kappa shape index (κ2) is 18.9. The Kier molecular flexibility index (Phi) is 17.9. The molecular formula is C26H44O2. The van der Waals surface area contributed by atoms with Crippen LogP contribution in [0.15, 0.2) is 35.5 Å². The maximum atomic E-state index is 10.9. The van der Waals surface area contributed by atoms with Crippen molar-refractivity contribution in [2.45, 2.75) is 111 Å². The molecule has 0 heterocycles. The minimum atomic E-state index is 0.610. The van der Waals surface area contributed by atoms with Crippen LogP contribution in [0.2, 0.25) is 0 Å². The van der Waals surface area contributed by atoms with Crippen LogP contribution in [0.3, 0.4) is 0 Å². The van der Waals surface area contributed by atoms with Crippen molar-refractivity contribution in [3.63, 3.8) is 0 Å². The first-order valence-electron chi connectivity index (χ1n) is 11.5. The van der Waals surface area contributed by atoms with Crippen molar-refractivity contribution < 1.29 is 9.59 Å². The molecule has 1 aliphatic carbocycles. The van der Waals surface area contributed by atoms with Crippen molar-refractivity contribution in [3.05, 3.63) is 35.5 Å². The molecule has 1 rings (SSSR count). The van der Waals surface area contributed by atoms with Crippen molar-refractivity contribution in [3.8, 4) is 0 Å². The second-order valence-corrected chi connectivity index (χ2v) is 8.12. The van der Waals surface area contributed by atoms with Crippen molar-refractivity contribution in [2.75, 3.05) is 0 Å².